The number of nitrogens with one attached hydrogen (secondary N) is 2. The number of nitrogens with zero attached hydrogens (tertiary/aromatic N) is 2. The van der Waals surface area contributed by atoms with Crippen molar-refractivity contribution >= 4 is 35.6 Å². The van der Waals surface area contributed by atoms with Crippen LogP contribution in [0.4, 0.5) is 9.18 Å². The molecule has 1 amide bonds. The summed E-state index contributed by atoms with van der Waals surface area (Å²) in [7, 11) is 0. The molecule has 0 aliphatic rings. The standard InChI is InChI=1S/C31H30ClFN4O2S/c1-20-10-11-23(17-27(20)33)28-26(22-12-14-24(32)15-13-22)16-21(18-34-28)19-35-29(36-30(38)39-31(2,3)4)37-40-25-8-6-5-7-9-25/h5-18H,19H2,1-4H3,(H2,35,36,37,38). The lowest BCUT2D eigenvalue weighted by Crippen LogP contribution is -2.41. The van der Waals surface area contributed by atoms with Crippen LogP contribution in [0.15, 0.2) is 94.9 Å². The molecule has 0 spiro atoms. The van der Waals surface area contributed by atoms with Crippen LogP contribution in [0.5, 0.6) is 0 Å². The fourth-order valence-electron chi connectivity index (χ4n) is 3.68. The van der Waals surface area contributed by atoms with Gasteiger partial charge in [-0.1, -0.05) is 54.1 Å². The minimum absolute atomic E-state index is 0.212. The zero-order valence-electron chi connectivity index (χ0n) is 22.7. The number of benzene rings is 3. The highest BCUT2D eigenvalue weighted by atomic mass is 35.5. The zero-order chi connectivity index (χ0) is 28.7. The number of aryl methyl sites for hydroxylation is 1. The molecule has 0 unspecified atom stereocenters. The number of pyridine rings is 1. The number of alkyl carbamates (subject to hydrolysis) is 1. The minimum atomic E-state index is -0.662. The van der Waals surface area contributed by atoms with E-state index in [0.29, 0.717) is 21.8 Å². The van der Waals surface area contributed by atoms with Crippen LogP contribution in [0.2, 0.25) is 5.02 Å². The molecule has 0 bridgehead atoms. The summed E-state index contributed by atoms with van der Waals surface area (Å²) in [5.41, 5.74) is 3.68. The summed E-state index contributed by atoms with van der Waals surface area (Å²) in [4.78, 5) is 22.7. The van der Waals surface area contributed by atoms with Gasteiger partial charge in [0.25, 0.3) is 0 Å². The van der Waals surface area contributed by atoms with E-state index in [0.717, 1.165) is 21.6 Å². The molecular formula is C31H30ClFN4O2S. The van der Waals surface area contributed by atoms with Crippen LogP contribution in [-0.2, 0) is 11.3 Å². The maximum atomic E-state index is 14.4. The molecule has 1 aromatic heterocycles. The first-order chi connectivity index (χ1) is 19.1. The van der Waals surface area contributed by atoms with E-state index in [4.69, 9.17) is 21.3 Å². The molecule has 0 atom stereocenters. The van der Waals surface area contributed by atoms with E-state index in [1.54, 1.807) is 52.1 Å². The average Bonchev–Trinajstić information content (AvgIpc) is 2.91. The van der Waals surface area contributed by atoms with Crippen LogP contribution in [0.1, 0.15) is 31.9 Å². The van der Waals surface area contributed by atoms with Crippen molar-refractivity contribution in [2.75, 3.05) is 0 Å². The maximum absolute atomic E-state index is 14.4. The Kier molecular flexibility index (Phi) is 9.45. The second-order valence-electron chi connectivity index (χ2n) is 10.0. The van der Waals surface area contributed by atoms with Crippen LogP contribution in [0.25, 0.3) is 22.4 Å². The Labute approximate surface area is 243 Å². The number of hydrogen-bond acceptors (Lipinski definition) is 5. The quantitative estimate of drug-likeness (QED) is 0.137. The average molecular weight is 577 g/mol. The van der Waals surface area contributed by atoms with Crippen molar-refractivity contribution < 1.29 is 13.9 Å². The molecule has 0 saturated heterocycles. The van der Waals surface area contributed by atoms with Gasteiger partial charge in [-0.2, -0.15) is 0 Å². The Balaban J connectivity index is 1.65. The Morgan fingerprint density at radius 3 is 2.40 bits per heavy atom. The van der Waals surface area contributed by atoms with Crippen LogP contribution in [0.3, 0.4) is 0 Å². The second-order valence-corrected chi connectivity index (χ2v) is 11.3. The topological polar surface area (TPSA) is 75.6 Å². The van der Waals surface area contributed by atoms with Gasteiger partial charge in [-0.3, -0.25) is 15.0 Å². The molecule has 4 aromatic rings. The predicted molar refractivity (Wildman–Crippen MR) is 161 cm³/mol. The molecule has 0 radical (unpaired) electrons. The SMILES string of the molecule is Cc1ccc(-c2ncc(CN=C(NSc3ccccc3)NC(=O)OC(C)(C)C)cc2-c2ccc(Cl)cc2)cc1F. The third-order valence-corrected chi connectivity index (χ3v) is 6.65. The fourth-order valence-corrected chi connectivity index (χ4v) is 4.43. The Hall–Kier alpha value is -3.88. The van der Waals surface area contributed by atoms with Crippen molar-refractivity contribution in [3.05, 3.63) is 107 Å². The van der Waals surface area contributed by atoms with Gasteiger partial charge in [0, 0.05) is 27.2 Å². The lowest BCUT2D eigenvalue weighted by molar-refractivity contribution is 0.0562. The third kappa shape index (κ3) is 8.31. The smallest absolute Gasteiger partial charge is 0.414 e. The van der Waals surface area contributed by atoms with E-state index in [9.17, 15) is 9.18 Å². The number of aliphatic imine (C=N–C) groups is 1. The number of guanidine groups is 1. The number of rotatable bonds is 6. The molecule has 9 heteroatoms. The van der Waals surface area contributed by atoms with E-state index < -0.39 is 11.7 Å². The van der Waals surface area contributed by atoms with E-state index in [1.165, 1.54) is 18.0 Å². The lowest BCUT2D eigenvalue weighted by Gasteiger charge is -2.20. The van der Waals surface area contributed by atoms with Crippen molar-refractivity contribution in [1.29, 1.82) is 0 Å². The first-order valence-corrected chi connectivity index (χ1v) is 13.8. The number of carbonyl (C=O) groups is 1. The van der Waals surface area contributed by atoms with Crippen LogP contribution in [0, 0.1) is 12.7 Å². The molecule has 0 saturated carbocycles. The first kappa shape index (κ1) is 29.1. The number of ether oxygens (including phenoxy) is 1. The highest BCUT2D eigenvalue weighted by Gasteiger charge is 2.18. The van der Waals surface area contributed by atoms with Crippen LogP contribution < -0.4 is 10.0 Å². The molecule has 40 heavy (non-hydrogen) atoms. The molecule has 2 N–H and O–H groups in total. The Morgan fingerprint density at radius 1 is 1.02 bits per heavy atom. The van der Waals surface area contributed by atoms with Gasteiger partial charge in [0.1, 0.15) is 11.4 Å². The predicted octanol–water partition coefficient (Wildman–Crippen LogP) is 8.19. The highest BCUT2D eigenvalue weighted by Crippen LogP contribution is 2.33. The summed E-state index contributed by atoms with van der Waals surface area (Å²) in [5.74, 6) is -0.0595. The number of halogens is 2. The highest BCUT2D eigenvalue weighted by molar-refractivity contribution is 7.98. The summed E-state index contributed by atoms with van der Waals surface area (Å²) in [6.07, 6.45) is 1.08. The molecule has 1 heterocycles. The third-order valence-electron chi connectivity index (χ3n) is 5.59. The van der Waals surface area contributed by atoms with E-state index in [-0.39, 0.29) is 18.3 Å². The monoisotopic (exact) mass is 576 g/mol. The molecular weight excluding hydrogens is 547 g/mol. The van der Waals surface area contributed by atoms with Crippen molar-refractivity contribution in [3.63, 3.8) is 0 Å². The van der Waals surface area contributed by atoms with E-state index in [2.05, 4.69) is 15.0 Å². The van der Waals surface area contributed by atoms with Gasteiger partial charge in [-0.25, -0.2) is 14.2 Å². The van der Waals surface area contributed by atoms with E-state index >= 15 is 0 Å². The van der Waals surface area contributed by atoms with Crippen molar-refractivity contribution in [2.24, 2.45) is 4.99 Å². The van der Waals surface area contributed by atoms with Gasteiger partial charge < -0.3 is 4.74 Å². The second kappa shape index (κ2) is 13.0. The Bertz CT molecular complexity index is 1510. The van der Waals surface area contributed by atoms with Gasteiger partial charge in [-0.05, 0) is 92.7 Å². The summed E-state index contributed by atoms with van der Waals surface area (Å²) in [6.45, 7) is 7.31. The molecule has 0 aliphatic heterocycles. The van der Waals surface area contributed by atoms with E-state index in [1.807, 2.05) is 54.6 Å². The summed E-state index contributed by atoms with van der Waals surface area (Å²) < 4.78 is 22.9. The number of carbonyl (C=O) groups excluding carboxylic acids is 1. The minimum Gasteiger partial charge on any atom is -0.444 e. The van der Waals surface area contributed by atoms with Crippen LogP contribution >= 0.6 is 23.5 Å². The zero-order valence-corrected chi connectivity index (χ0v) is 24.2. The van der Waals surface area contributed by atoms with Gasteiger partial charge in [0.15, 0.2) is 0 Å². The molecule has 6 nitrogen and oxygen atoms in total. The maximum Gasteiger partial charge on any atom is 0.414 e. The molecule has 0 fully saturated rings. The number of amides is 1. The van der Waals surface area contributed by atoms with Crippen LogP contribution in [-0.4, -0.2) is 22.6 Å². The van der Waals surface area contributed by atoms with Gasteiger partial charge in [0.05, 0.1) is 12.2 Å². The molecule has 4 rings (SSSR count). The number of hydrogen-bond donors (Lipinski definition) is 2. The normalized spacial score (nSPS) is 11.7. The molecule has 0 aliphatic carbocycles. The lowest BCUT2D eigenvalue weighted by atomic mass is 9.97. The summed E-state index contributed by atoms with van der Waals surface area (Å²) >= 11 is 7.44. The van der Waals surface area contributed by atoms with Gasteiger partial charge in [0.2, 0.25) is 5.96 Å². The van der Waals surface area contributed by atoms with Crippen molar-refractivity contribution in [2.45, 2.75) is 44.7 Å². The molecule has 206 valence electrons. The summed E-state index contributed by atoms with van der Waals surface area (Å²) in [5, 5.41) is 3.31. The largest absolute Gasteiger partial charge is 0.444 e. The van der Waals surface area contributed by atoms with Crippen molar-refractivity contribution in [1.82, 2.24) is 15.0 Å². The van der Waals surface area contributed by atoms with Gasteiger partial charge in [-0.15, -0.1) is 0 Å². The molecule has 3 aromatic carbocycles. The van der Waals surface area contributed by atoms with Crippen molar-refractivity contribution in [3.8, 4) is 22.4 Å². The Morgan fingerprint density at radius 2 is 1.73 bits per heavy atom. The fraction of sp³-hybridized carbons (Fsp3) is 0.194. The van der Waals surface area contributed by atoms with Gasteiger partial charge >= 0.3 is 6.09 Å². The first-order valence-electron chi connectivity index (χ1n) is 12.6. The summed E-state index contributed by atoms with van der Waals surface area (Å²) in [6, 6.07) is 24.1. The number of aromatic nitrogens is 1.